The lowest BCUT2D eigenvalue weighted by Gasteiger charge is -2.14. The fraction of sp³-hybridized carbons (Fsp3) is 0.200. The Labute approximate surface area is 163 Å². The smallest absolute Gasteiger partial charge is 0.308 e. The molecule has 0 radical (unpaired) electrons. The van der Waals surface area contributed by atoms with Crippen molar-refractivity contribution >= 4 is 33.7 Å². The molecular formula is C20H20N2O5S. The van der Waals surface area contributed by atoms with Gasteiger partial charge in [-0.3, -0.25) is 15.0 Å². The van der Waals surface area contributed by atoms with Crippen LogP contribution in [0.15, 0.2) is 48.0 Å². The molecule has 2 aromatic carbocycles. The molecule has 8 heteroatoms. The van der Waals surface area contributed by atoms with Gasteiger partial charge in [-0.25, -0.2) is 5.01 Å². The molecule has 0 aromatic heterocycles. The van der Waals surface area contributed by atoms with Crippen molar-refractivity contribution in [1.29, 1.82) is 0 Å². The van der Waals surface area contributed by atoms with E-state index >= 15 is 0 Å². The van der Waals surface area contributed by atoms with Crippen LogP contribution in [0.3, 0.4) is 0 Å². The minimum Gasteiger partial charge on any atom is -0.382 e. The summed E-state index contributed by atoms with van der Waals surface area (Å²) in [6.07, 6.45) is 1.50. The summed E-state index contributed by atoms with van der Waals surface area (Å²) in [5.41, 5.74) is 5.08. The number of nitrogens with zero attached hydrogens (tertiary/aromatic N) is 1. The van der Waals surface area contributed by atoms with Gasteiger partial charge in [-0.15, -0.1) is 0 Å². The standard InChI is InChI=1S/C20H20N2O5S/c1-4-28(25,26)27-18-11-10-15(13(2)14(18)3)12-17-19(23)21-22(20(17)24)16-8-6-5-7-9-16/h5-12H,4H2,1-3H3,(H,21,23)/b17-12-. The minimum absolute atomic E-state index is 0.00111. The molecule has 0 unspecified atom stereocenters. The average Bonchev–Trinajstić information content (AvgIpc) is 2.96. The number of para-hydroxylation sites is 1. The van der Waals surface area contributed by atoms with E-state index < -0.39 is 21.9 Å². The van der Waals surface area contributed by atoms with E-state index in [2.05, 4.69) is 5.43 Å². The fourth-order valence-electron chi connectivity index (χ4n) is 2.73. The Hall–Kier alpha value is -3.13. The van der Waals surface area contributed by atoms with Gasteiger partial charge in [0.15, 0.2) is 0 Å². The molecule has 1 aliphatic heterocycles. The fourth-order valence-corrected chi connectivity index (χ4v) is 3.30. The predicted octanol–water partition coefficient (Wildman–Crippen LogP) is 2.49. The van der Waals surface area contributed by atoms with Crippen molar-refractivity contribution < 1.29 is 22.2 Å². The SMILES string of the molecule is CCS(=O)(=O)Oc1ccc(/C=C2/C(=O)NN(c3ccccc3)C2=O)c(C)c1C. The highest BCUT2D eigenvalue weighted by Crippen LogP contribution is 2.28. The molecule has 2 amide bonds. The highest BCUT2D eigenvalue weighted by molar-refractivity contribution is 7.87. The van der Waals surface area contributed by atoms with Gasteiger partial charge >= 0.3 is 10.1 Å². The van der Waals surface area contributed by atoms with Crippen LogP contribution in [0.25, 0.3) is 6.08 Å². The summed E-state index contributed by atoms with van der Waals surface area (Å²) < 4.78 is 28.5. The molecule has 1 fully saturated rings. The van der Waals surface area contributed by atoms with Crippen LogP contribution in [0.2, 0.25) is 0 Å². The zero-order valence-electron chi connectivity index (χ0n) is 15.7. The van der Waals surface area contributed by atoms with E-state index in [1.165, 1.54) is 24.1 Å². The van der Waals surface area contributed by atoms with Crippen molar-refractivity contribution in [2.75, 3.05) is 10.8 Å². The maximum atomic E-state index is 12.7. The Morgan fingerprint density at radius 2 is 1.71 bits per heavy atom. The summed E-state index contributed by atoms with van der Waals surface area (Å²) in [5.74, 6) is -0.863. The Kier molecular flexibility index (Phi) is 5.24. The molecule has 0 aliphatic carbocycles. The number of hydrazine groups is 1. The number of hydrogen-bond donors (Lipinski definition) is 1. The Balaban J connectivity index is 1.94. The third-order valence-corrected chi connectivity index (χ3v) is 5.70. The van der Waals surface area contributed by atoms with Crippen molar-refractivity contribution in [3.8, 4) is 5.75 Å². The summed E-state index contributed by atoms with van der Waals surface area (Å²) in [6.45, 7) is 5.00. The molecule has 2 aromatic rings. The molecule has 0 saturated carbocycles. The Bertz CT molecular complexity index is 1080. The first-order valence-electron chi connectivity index (χ1n) is 8.68. The molecule has 1 heterocycles. The van der Waals surface area contributed by atoms with Crippen LogP contribution in [0.4, 0.5) is 5.69 Å². The van der Waals surface area contributed by atoms with Gasteiger partial charge in [0.05, 0.1) is 11.4 Å². The number of hydrogen-bond acceptors (Lipinski definition) is 5. The summed E-state index contributed by atoms with van der Waals surface area (Å²) >= 11 is 0. The second kappa shape index (κ2) is 7.47. The largest absolute Gasteiger partial charge is 0.382 e. The normalized spacial score (nSPS) is 15.8. The number of carbonyl (C=O) groups is 2. The van der Waals surface area contributed by atoms with E-state index in [9.17, 15) is 18.0 Å². The summed E-state index contributed by atoms with van der Waals surface area (Å²) in [7, 11) is -3.64. The molecule has 7 nitrogen and oxygen atoms in total. The second-order valence-corrected chi connectivity index (χ2v) is 8.17. The lowest BCUT2D eigenvalue weighted by Crippen LogP contribution is -2.35. The van der Waals surface area contributed by atoms with Crippen LogP contribution < -0.4 is 14.6 Å². The van der Waals surface area contributed by atoms with E-state index in [1.807, 2.05) is 6.07 Å². The van der Waals surface area contributed by atoms with Crippen molar-refractivity contribution in [1.82, 2.24) is 5.43 Å². The minimum atomic E-state index is -3.64. The van der Waals surface area contributed by atoms with Gasteiger partial charge < -0.3 is 4.18 Å². The Morgan fingerprint density at radius 3 is 2.36 bits per heavy atom. The molecule has 1 N–H and O–H groups in total. The first-order chi connectivity index (χ1) is 13.2. The first kappa shape index (κ1) is 19.6. The molecule has 0 spiro atoms. The van der Waals surface area contributed by atoms with E-state index in [1.54, 1.807) is 44.2 Å². The highest BCUT2D eigenvalue weighted by atomic mass is 32.2. The molecule has 28 heavy (non-hydrogen) atoms. The first-order valence-corrected chi connectivity index (χ1v) is 10.3. The van der Waals surface area contributed by atoms with Gasteiger partial charge in [0, 0.05) is 0 Å². The topological polar surface area (TPSA) is 92.8 Å². The van der Waals surface area contributed by atoms with E-state index in [0.29, 0.717) is 16.8 Å². The number of benzene rings is 2. The number of amides is 2. The second-order valence-electron chi connectivity index (χ2n) is 6.31. The van der Waals surface area contributed by atoms with Crippen molar-refractivity contribution in [3.05, 3.63) is 64.7 Å². The van der Waals surface area contributed by atoms with Crippen molar-refractivity contribution in [3.63, 3.8) is 0 Å². The number of carbonyl (C=O) groups excluding carboxylic acids is 2. The lowest BCUT2D eigenvalue weighted by molar-refractivity contribution is -0.117. The van der Waals surface area contributed by atoms with E-state index in [-0.39, 0.29) is 17.1 Å². The van der Waals surface area contributed by atoms with Crippen LogP contribution in [0.5, 0.6) is 5.75 Å². The highest BCUT2D eigenvalue weighted by Gasteiger charge is 2.34. The number of rotatable bonds is 5. The van der Waals surface area contributed by atoms with Gasteiger partial charge in [-0.1, -0.05) is 24.3 Å². The monoisotopic (exact) mass is 400 g/mol. The van der Waals surface area contributed by atoms with Crippen LogP contribution in [0.1, 0.15) is 23.6 Å². The van der Waals surface area contributed by atoms with Gasteiger partial charge in [0.1, 0.15) is 11.3 Å². The summed E-state index contributed by atoms with van der Waals surface area (Å²) in [4.78, 5) is 25.0. The molecule has 1 aliphatic rings. The molecule has 0 bridgehead atoms. The van der Waals surface area contributed by atoms with Gasteiger partial charge in [0.25, 0.3) is 11.8 Å². The van der Waals surface area contributed by atoms with Crippen LogP contribution in [0, 0.1) is 13.8 Å². The van der Waals surface area contributed by atoms with Crippen molar-refractivity contribution in [2.45, 2.75) is 20.8 Å². The van der Waals surface area contributed by atoms with Crippen LogP contribution in [-0.4, -0.2) is 26.0 Å². The average molecular weight is 400 g/mol. The van der Waals surface area contributed by atoms with E-state index in [0.717, 1.165) is 5.56 Å². The third kappa shape index (κ3) is 3.77. The summed E-state index contributed by atoms with van der Waals surface area (Å²) in [5, 5.41) is 1.20. The van der Waals surface area contributed by atoms with Gasteiger partial charge in [-0.2, -0.15) is 8.42 Å². The molecular weight excluding hydrogens is 380 g/mol. The van der Waals surface area contributed by atoms with Crippen LogP contribution >= 0.6 is 0 Å². The van der Waals surface area contributed by atoms with Gasteiger partial charge in [0.2, 0.25) is 0 Å². The number of anilines is 1. The zero-order valence-corrected chi connectivity index (χ0v) is 16.5. The molecule has 1 saturated heterocycles. The van der Waals surface area contributed by atoms with Crippen molar-refractivity contribution in [2.24, 2.45) is 0 Å². The maximum absolute atomic E-state index is 12.7. The Morgan fingerprint density at radius 1 is 1.04 bits per heavy atom. The molecule has 0 atom stereocenters. The van der Waals surface area contributed by atoms with E-state index in [4.69, 9.17) is 4.18 Å². The molecule has 3 rings (SSSR count). The lowest BCUT2D eigenvalue weighted by atomic mass is 10.00. The zero-order chi connectivity index (χ0) is 20.5. The number of nitrogens with one attached hydrogen (secondary N) is 1. The third-order valence-electron chi connectivity index (χ3n) is 4.56. The van der Waals surface area contributed by atoms with Crippen LogP contribution in [-0.2, 0) is 19.7 Å². The quantitative estimate of drug-likeness (QED) is 0.473. The summed E-state index contributed by atoms with van der Waals surface area (Å²) in [6, 6.07) is 11.9. The molecule has 146 valence electrons. The predicted molar refractivity (Wildman–Crippen MR) is 106 cm³/mol. The maximum Gasteiger partial charge on any atom is 0.308 e. The van der Waals surface area contributed by atoms with Gasteiger partial charge in [-0.05, 0) is 61.7 Å².